The minimum atomic E-state index is -0.165. The summed E-state index contributed by atoms with van der Waals surface area (Å²) in [5, 5.41) is 8.61. The highest BCUT2D eigenvalue weighted by molar-refractivity contribution is 6.05. The number of aromatic nitrogens is 2. The average Bonchev–Trinajstić information content (AvgIpc) is 2.91. The molecule has 2 rings (SSSR count). The van der Waals surface area contributed by atoms with Crippen molar-refractivity contribution in [2.75, 3.05) is 11.9 Å². The van der Waals surface area contributed by atoms with E-state index < -0.39 is 0 Å². The minimum absolute atomic E-state index is 0.165. The first kappa shape index (κ1) is 10.9. The van der Waals surface area contributed by atoms with Crippen molar-refractivity contribution < 1.29 is 4.79 Å². The van der Waals surface area contributed by atoms with Gasteiger partial charge in [-0.3, -0.25) is 4.79 Å². The lowest BCUT2D eigenvalue weighted by atomic mass is 10.2. The molecule has 2 aromatic rings. The third-order valence-corrected chi connectivity index (χ3v) is 2.40. The highest BCUT2D eigenvalue weighted by atomic mass is 16.2. The molecule has 0 aliphatic heterocycles. The summed E-state index contributed by atoms with van der Waals surface area (Å²) in [6.07, 6.45) is 4.88. The molecule has 5 nitrogen and oxygen atoms in total. The number of hydrogen-bond donors (Lipinski definition) is 1. The van der Waals surface area contributed by atoms with E-state index in [4.69, 9.17) is 5.26 Å². The molecule has 1 N–H and O–H groups in total. The van der Waals surface area contributed by atoms with Crippen LogP contribution in [0.2, 0.25) is 0 Å². The van der Waals surface area contributed by atoms with Crippen LogP contribution >= 0.6 is 0 Å². The van der Waals surface area contributed by atoms with Crippen molar-refractivity contribution >= 4 is 11.6 Å². The zero-order chi connectivity index (χ0) is 12.3. The first-order valence-corrected chi connectivity index (χ1v) is 4.99. The number of nitrogens with one attached hydrogen (secondary N) is 1. The van der Waals surface area contributed by atoms with E-state index in [1.54, 1.807) is 31.6 Å². The second kappa shape index (κ2) is 4.49. The van der Waals surface area contributed by atoms with E-state index in [2.05, 4.69) is 9.97 Å². The van der Waals surface area contributed by atoms with Crippen LogP contribution in [0.15, 0.2) is 36.8 Å². The molecule has 0 saturated heterocycles. The molecule has 0 spiro atoms. The monoisotopic (exact) mass is 226 g/mol. The molecule has 0 radical (unpaired) electrons. The first-order valence-electron chi connectivity index (χ1n) is 4.99. The van der Waals surface area contributed by atoms with Gasteiger partial charge < -0.3 is 9.88 Å². The van der Waals surface area contributed by atoms with E-state index >= 15 is 0 Å². The fraction of sp³-hybridized carbons (Fsp3) is 0.0833. The van der Waals surface area contributed by atoms with E-state index in [9.17, 15) is 4.79 Å². The summed E-state index contributed by atoms with van der Waals surface area (Å²) in [6, 6.07) is 6.83. The summed E-state index contributed by atoms with van der Waals surface area (Å²) < 4.78 is 0. The Bertz CT molecular complexity index is 551. The Kier molecular flexibility index (Phi) is 2.88. The van der Waals surface area contributed by atoms with Crippen molar-refractivity contribution in [3.8, 4) is 6.07 Å². The van der Waals surface area contributed by atoms with Crippen LogP contribution in [0.4, 0.5) is 5.69 Å². The largest absolute Gasteiger partial charge is 0.366 e. The summed E-state index contributed by atoms with van der Waals surface area (Å²) >= 11 is 0. The highest BCUT2D eigenvalue weighted by Gasteiger charge is 2.13. The molecule has 2 aromatic heterocycles. The first-order chi connectivity index (χ1) is 8.22. The second-order valence-corrected chi connectivity index (χ2v) is 3.48. The van der Waals surface area contributed by atoms with Gasteiger partial charge in [0.1, 0.15) is 11.8 Å². The van der Waals surface area contributed by atoms with E-state index in [-0.39, 0.29) is 5.91 Å². The van der Waals surface area contributed by atoms with Crippen LogP contribution < -0.4 is 4.90 Å². The minimum Gasteiger partial charge on any atom is -0.366 e. The Morgan fingerprint density at radius 3 is 2.82 bits per heavy atom. The van der Waals surface area contributed by atoms with Gasteiger partial charge in [-0.1, -0.05) is 0 Å². The molecule has 0 atom stereocenters. The maximum Gasteiger partial charge on any atom is 0.259 e. The second-order valence-electron chi connectivity index (χ2n) is 3.48. The molecular weight excluding hydrogens is 216 g/mol. The van der Waals surface area contributed by atoms with Crippen molar-refractivity contribution in [2.45, 2.75) is 0 Å². The maximum absolute atomic E-state index is 12.0. The molecule has 0 fully saturated rings. The van der Waals surface area contributed by atoms with Gasteiger partial charge in [0.05, 0.1) is 11.3 Å². The molecule has 17 heavy (non-hydrogen) atoms. The number of pyridine rings is 1. The van der Waals surface area contributed by atoms with Crippen LogP contribution in [0, 0.1) is 11.3 Å². The zero-order valence-electron chi connectivity index (χ0n) is 9.21. The average molecular weight is 226 g/mol. The fourth-order valence-corrected chi connectivity index (χ4v) is 1.42. The van der Waals surface area contributed by atoms with Crippen LogP contribution in [-0.2, 0) is 0 Å². The van der Waals surface area contributed by atoms with Crippen LogP contribution in [0.5, 0.6) is 0 Å². The van der Waals surface area contributed by atoms with E-state index in [0.717, 1.165) is 5.69 Å². The van der Waals surface area contributed by atoms with E-state index in [0.29, 0.717) is 11.3 Å². The predicted molar refractivity (Wildman–Crippen MR) is 62.5 cm³/mol. The number of carbonyl (C=O) groups is 1. The van der Waals surface area contributed by atoms with Crippen LogP contribution in [-0.4, -0.2) is 22.9 Å². The summed E-state index contributed by atoms with van der Waals surface area (Å²) in [5.74, 6) is -0.165. The third kappa shape index (κ3) is 2.16. The van der Waals surface area contributed by atoms with E-state index in [1.807, 2.05) is 6.07 Å². The molecule has 1 amide bonds. The number of nitrogens with zero attached hydrogens (tertiary/aromatic N) is 3. The Labute approximate surface area is 98.3 Å². The number of aromatic amines is 1. The molecule has 5 heteroatoms. The summed E-state index contributed by atoms with van der Waals surface area (Å²) in [7, 11) is 1.68. The lowest BCUT2D eigenvalue weighted by molar-refractivity contribution is 0.0992. The van der Waals surface area contributed by atoms with Crippen molar-refractivity contribution in [2.24, 2.45) is 0 Å². The van der Waals surface area contributed by atoms with Gasteiger partial charge >= 0.3 is 0 Å². The molecular formula is C12H10N4O. The molecule has 0 saturated carbocycles. The number of H-pyrrole nitrogens is 1. The lowest BCUT2D eigenvalue weighted by Crippen LogP contribution is -2.25. The number of anilines is 1. The van der Waals surface area contributed by atoms with Gasteiger partial charge in [0.25, 0.3) is 5.91 Å². The van der Waals surface area contributed by atoms with Gasteiger partial charge in [0.15, 0.2) is 0 Å². The molecule has 0 aliphatic carbocycles. The molecule has 0 bridgehead atoms. The summed E-state index contributed by atoms with van der Waals surface area (Å²) in [4.78, 5) is 20.3. The van der Waals surface area contributed by atoms with Gasteiger partial charge in [-0.2, -0.15) is 5.26 Å². The maximum atomic E-state index is 12.0. The molecule has 84 valence electrons. The van der Waals surface area contributed by atoms with Gasteiger partial charge in [-0.25, -0.2) is 4.98 Å². The number of hydrogen-bond acceptors (Lipinski definition) is 3. The quantitative estimate of drug-likeness (QED) is 0.844. The van der Waals surface area contributed by atoms with Crippen molar-refractivity contribution in [3.63, 3.8) is 0 Å². The normalized spacial score (nSPS) is 9.65. The topological polar surface area (TPSA) is 72.8 Å². The standard InChI is InChI=1S/C12H10N4O/c1-16(11-4-5-14-8-11)12(17)9-2-3-10(6-13)15-7-9/h2-5,7-8,14H,1H3. The Balaban J connectivity index is 2.22. The molecule has 0 unspecified atom stereocenters. The SMILES string of the molecule is CN(C(=O)c1ccc(C#N)nc1)c1cc[nH]c1. The Hall–Kier alpha value is -2.61. The summed E-state index contributed by atoms with van der Waals surface area (Å²) in [5.41, 5.74) is 1.53. The highest BCUT2D eigenvalue weighted by Crippen LogP contribution is 2.13. The van der Waals surface area contributed by atoms with Crippen molar-refractivity contribution in [3.05, 3.63) is 48.0 Å². The molecule has 0 aliphatic rings. The molecule has 0 aromatic carbocycles. The number of amides is 1. The Morgan fingerprint density at radius 1 is 1.47 bits per heavy atom. The van der Waals surface area contributed by atoms with Crippen LogP contribution in [0.25, 0.3) is 0 Å². The lowest BCUT2D eigenvalue weighted by Gasteiger charge is -2.14. The van der Waals surface area contributed by atoms with Gasteiger partial charge in [0, 0.05) is 25.6 Å². The smallest absolute Gasteiger partial charge is 0.259 e. The summed E-state index contributed by atoms with van der Waals surface area (Å²) in [6.45, 7) is 0. The van der Waals surface area contributed by atoms with Crippen LogP contribution in [0.3, 0.4) is 0 Å². The van der Waals surface area contributed by atoms with Gasteiger partial charge in [-0.15, -0.1) is 0 Å². The fourth-order valence-electron chi connectivity index (χ4n) is 1.42. The zero-order valence-corrected chi connectivity index (χ0v) is 9.21. The van der Waals surface area contributed by atoms with Crippen LogP contribution in [0.1, 0.15) is 16.1 Å². The van der Waals surface area contributed by atoms with Crippen molar-refractivity contribution in [1.82, 2.24) is 9.97 Å². The number of rotatable bonds is 2. The molecule has 2 heterocycles. The predicted octanol–water partition coefficient (Wildman–Crippen LogP) is 1.56. The number of carbonyl (C=O) groups excluding carboxylic acids is 1. The third-order valence-electron chi connectivity index (χ3n) is 2.40. The van der Waals surface area contributed by atoms with Gasteiger partial charge in [0.2, 0.25) is 0 Å². The van der Waals surface area contributed by atoms with Crippen molar-refractivity contribution in [1.29, 1.82) is 5.26 Å². The van der Waals surface area contributed by atoms with Gasteiger partial charge in [-0.05, 0) is 18.2 Å². The number of nitriles is 1. The Morgan fingerprint density at radius 2 is 2.29 bits per heavy atom. The van der Waals surface area contributed by atoms with E-state index in [1.165, 1.54) is 17.2 Å².